The van der Waals surface area contributed by atoms with Gasteiger partial charge >= 0.3 is 12.1 Å². The number of carbonyl (C=O) groups is 3. The van der Waals surface area contributed by atoms with Gasteiger partial charge in [0.25, 0.3) is 0 Å². The molecule has 3 aromatic rings. The Kier molecular flexibility index (Phi) is 9.73. The molecule has 3 rings (SSSR count). The lowest BCUT2D eigenvalue weighted by atomic mass is 10.1. The van der Waals surface area contributed by atoms with Crippen LogP contribution in [0.15, 0.2) is 40.7 Å². The van der Waals surface area contributed by atoms with Crippen molar-refractivity contribution in [3.8, 4) is 0 Å². The fourth-order valence-electron chi connectivity index (χ4n) is 3.18. The molecule has 12 heteroatoms. The van der Waals surface area contributed by atoms with Crippen LogP contribution in [0, 0.1) is 0 Å². The molecule has 198 valence electrons. The Morgan fingerprint density at radius 3 is 2.46 bits per heavy atom. The largest absolute Gasteiger partial charge is 0.444 e. The number of hydrogen-bond acceptors (Lipinski definition) is 9. The zero-order valence-corrected chi connectivity index (χ0v) is 23.2. The number of thiazole rings is 1. The van der Waals surface area contributed by atoms with Gasteiger partial charge in [-0.15, -0.1) is 22.7 Å². The third-order valence-electron chi connectivity index (χ3n) is 4.96. The standard InChI is InChI=1S/C25H32N6O4S2/c1-25(2,3)35-24(34)28-20-16-36-15-18(20)12-21(32)19-7-6-17(13-27-19)14-31(10-9-30(4)5)23(33)29-22-26-8-11-37-22/h6-8,11,13,15-16H,9-10,12,14H2,1-5H3,(H,28,34)(H,26,29,33). The number of nitrogens with one attached hydrogen (secondary N) is 2. The number of nitrogens with zero attached hydrogens (tertiary/aromatic N) is 4. The highest BCUT2D eigenvalue weighted by Gasteiger charge is 2.20. The molecule has 0 saturated carbocycles. The minimum atomic E-state index is -0.620. The number of rotatable bonds is 10. The fourth-order valence-corrected chi connectivity index (χ4v) is 4.49. The van der Waals surface area contributed by atoms with E-state index in [0.29, 0.717) is 41.7 Å². The van der Waals surface area contributed by atoms with Crippen LogP contribution in [0.5, 0.6) is 0 Å². The van der Waals surface area contributed by atoms with Crippen molar-refractivity contribution in [2.45, 2.75) is 39.3 Å². The average Bonchev–Trinajstić information content (AvgIpc) is 3.47. The van der Waals surface area contributed by atoms with Gasteiger partial charge in [-0.3, -0.25) is 20.4 Å². The molecule has 3 amide bonds. The van der Waals surface area contributed by atoms with Crippen LogP contribution in [0.2, 0.25) is 0 Å². The first-order valence-electron chi connectivity index (χ1n) is 11.6. The van der Waals surface area contributed by atoms with E-state index in [1.165, 1.54) is 22.7 Å². The summed E-state index contributed by atoms with van der Waals surface area (Å²) in [6, 6.07) is 3.21. The van der Waals surface area contributed by atoms with Gasteiger partial charge in [-0.1, -0.05) is 6.07 Å². The molecule has 0 aromatic carbocycles. The number of urea groups is 1. The number of aromatic nitrogens is 2. The number of ether oxygens (including phenoxy) is 1. The number of anilines is 2. The lowest BCUT2D eigenvalue weighted by Gasteiger charge is -2.24. The molecule has 3 aromatic heterocycles. The molecule has 0 aliphatic rings. The Balaban J connectivity index is 1.62. The second-order valence-electron chi connectivity index (χ2n) is 9.58. The number of Topliss-reactive ketones (excluding diaryl/α,β-unsaturated/α-hetero) is 1. The summed E-state index contributed by atoms with van der Waals surface area (Å²) in [6.45, 7) is 6.89. The van der Waals surface area contributed by atoms with E-state index in [1.807, 2.05) is 24.4 Å². The topological polar surface area (TPSA) is 117 Å². The maximum absolute atomic E-state index is 12.9. The van der Waals surface area contributed by atoms with Gasteiger partial charge in [-0.25, -0.2) is 14.6 Å². The van der Waals surface area contributed by atoms with E-state index >= 15 is 0 Å². The second kappa shape index (κ2) is 12.7. The van der Waals surface area contributed by atoms with E-state index in [0.717, 1.165) is 5.56 Å². The van der Waals surface area contributed by atoms with Gasteiger partial charge in [0, 0.05) is 49.2 Å². The molecular formula is C25H32N6O4S2. The monoisotopic (exact) mass is 544 g/mol. The molecule has 0 bridgehead atoms. The van der Waals surface area contributed by atoms with Gasteiger partial charge in [-0.05, 0) is 57.4 Å². The summed E-state index contributed by atoms with van der Waals surface area (Å²) >= 11 is 2.74. The third-order valence-corrected chi connectivity index (χ3v) is 6.44. The Morgan fingerprint density at radius 2 is 1.84 bits per heavy atom. The molecule has 0 aliphatic carbocycles. The van der Waals surface area contributed by atoms with E-state index in [9.17, 15) is 14.4 Å². The van der Waals surface area contributed by atoms with Crippen molar-refractivity contribution in [1.82, 2.24) is 19.8 Å². The summed E-state index contributed by atoms with van der Waals surface area (Å²) < 4.78 is 5.30. The maximum Gasteiger partial charge on any atom is 0.412 e. The number of amides is 3. The van der Waals surface area contributed by atoms with Crippen LogP contribution in [0.1, 0.15) is 42.4 Å². The van der Waals surface area contributed by atoms with Gasteiger partial charge in [0.15, 0.2) is 10.9 Å². The predicted octanol–water partition coefficient (Wildman–Crippen LogP) is 4.97. The first kappa shape index (κ1) is 28.2. The van der Waals surface area contributed by atoms with Crippen molar-refractivity contribution in [1.29, 1.82) is 0 Å². The Morgan fingerprint density at radius 1 is 1.05 bits per heavy atom. The SMILES string of the molecule is CN(C)CCN(Cc1ccc(C(=O)Cc2cscc2NC(=O)OC(C)(C)C)nc1)C(=O)Nc1nccs1. The van der Waals surface area contributed by atoms with Crippen LogP contribution in [0.4, 0.5) is 20.4 Å². The Bertz CT molecular complexity index is 1190. The van der Waals surface area contributed by atoms with E-state index in [4.69, 9.17) is 4.74 Å². The minimum Gasteiger partial charge on any atom is -0.444 e. The van der Waals surface area contributed by atoms with Crippen molar-refractivity contribution in [3.63, 3.8) is 0 Å². The van der Waals surface area contributed by atoms with Crippen LogP contribution in [0.25, 0.3) is 0 Å². The fraction of sp³-hybridized carbons (Fsp3) is 0.400. The molecule has 10 nitrogen and oxygen atoms in total. The third kappa shape index (κ3) is 9.23. The van der Waals surface area contributed by atoms with Crippen molar-refractivity contribution in [2.24, 2.45) is 0 Å². The van der Waals surface area contributed by atoms with Gasteiger partial charge in [-0.2, -0.15) is 0 Å². The summed E-state index contributed by atoms with van der Waals surface area (Å²) in [5.41, 5.74) is 1.73. The molecule has 0 atom stereocenters. The highest BCUT2D eigenvalue weighted by molar-refractivity contribution is 7.13. The lowest BCUT2D eigenvalue weighted by Crippen LogP contribution is -2.39. The smallest absolute Gasteiger partial charge is 0.412 e. The number of ketones is 1. The summed E-state index contributed by atoms with van der Waals surface area (Å²) in [7, 11) is 3.89. The van der Waals surface area contributed by atoms with Crippen LogP contribution < -0.4 is 10.6 Å². The Labute approximate surface area is 224 Å². The number of carbonyl (C=O) groups excluding carboxylic acids is 3. The van der Waals surface area contributed by atoms with E-state index in [1.54, 1.807) is 61.0 Å². The van der Waals surface area contributed by atoms with Gasteiger partial charge in [0.1, 0.15) is 11.3 Å². The molecule has 0 radical (unpaired) electrons. The zero-order chi connectivity index (χ0) is 27.0. The highest BCUT2D eigenvalue weighted by atomic mass is 32.1. The van der Waals surface area contributed by atoms with Gasteiger partial charge < -0.3 is 14.5 Å². The summed E-state index contributed by atoms with van der Waals surface area (Å²) in [6.07, 6.45) is 2.77. The zero-order valence-electron chi connectivity index (χ0n) is 21.6. The number of likely N-dealkylation sites (N-methyl/N-ethyl adjacent to an activating group) is 1. The van der Waals surface area contributed by atoms with Crippen molar-refractivity contribution in [3.05, 3.63) is 57.5 Å². The van der Waals surface area contributed by atoms with Gasteiger partial charge in [0.05, 0.1) is 5.69 Å². The normalized spacial score (nSPS) is 11.3. The van der Waals surface area contributed by atoms with Crippen molar-refractivity contribution >= 4 is 51.4 Å². The number of thiophene rings is 1. The molecule has 0 saturated heterocycles. The first-order chi connectivity index (χ1) is 17.5. The maximum atomic E-state index is 12.9. The van der Waals surface area contributed by atoms with Crippen LogP contribution in [0.3, 0.4) is 0 Å². The summed E-state index contributed by atoms with van der Waals surface area (Å²) in [5.74, 6) is -0.178. The van der Waals surface area contributed by atoms with E-state index < -0.39 is 11.7 Å². The predicted molar refractivity (Wildman–Crippen MR) is 147 cm³/mol. The molecule has 0 unspecified atom stereocenters. The molecule has 37 heavy (non-hydrogen) atoms. The first-order valence-corrected chi connectivity index (χ1v) is 13.5. The van der Waals surface area contributed by atoms with Gasteiger partial charge in [0.2, 0.25) is 0 Å². The molecule has 2 N–H and O–H groups in total. The van der Waals surface area contributed by atoms with Crippen molar-refractivity contribution in [2.75, 3.05) is 37.8 Å². The number of hydrogen-bond donors (Lipinski definition) is 2. The lowest BCUT2D eigenvalue weighted by molar-refractivity contribution is 0.0635. The second-order valence-corrected chi connectivity index (χ2v) is 11.2. The molecule has 0 fully saturated rings. The van der Waals surface area contributed by atoms with Crippen LogP contribution >= 0.6 is 22.7 Å². The van der Waals surface area contributed by atoms with E-state index in [2.05, 4.69) is 20.6 Å². The quantitative estimate of drug-likeness (QED) is 0.346. The van der Waals surface area contributed by atoms with Crippen LogP contribution in [-0.2, 0) is 17.7 Å². The van der Waals surface area contributed by atoms with Crippen molar-refractivity contribution < 1.29 is 19.1 Å². The summed E-state index contributed by atoms with van der Waals surface area (Å²) in [5, 5.41) is 11.4. The van der Waals surface area contributed by atoms with Crippen LogP contribution in [-0.4, -0.2) is 70.5 Å². The Hall–Kier alpha value is -3.35. The average molecular weight is 545 g/mol. The highest BCUT2D eigenvalue weighted by Crippen LogP contribution is 2.23. The minimum absolute atomic E-state index is 0.0894. The molecule has 3 heterocycles. The molecule has 0 spiro atoms. The summed E-state index contributed by atoms with van der Waals surface area (Å²) in [4.78, 5) is 50.0. The molecule has 0 aliphatic heterocycles. The number of pyridine rings is 1. The van der Waals surface area contributed by atoms with E-state index in [-0.39, 0.29) is 18.2 Å². The molecular weight excluding hydrogens is 512 g/mol.